The summed E-state index contributed by atoms with van der Waals surface area (Å²) in [6.07, 6.45) is 4.17. The standard InChI is InChI=1S/C20H30N2O/c1-16(2)10-11-19(18-8-6-5-7-9-18)15-21(3)13-17-12-20(23)22(4)14-17/h5-9,11,16-17H,10,12-15H2,1-4H3. The van der Waals surface area contributed by atoms with E-state index in [1.54, 1.807) is 0 Å². The minimum atomic E-state index is 0.280. The van der Waals surface area contributed by atoms with Gasteiger partial charge in [0.15, 0.2) is 0 Å². The topological polar surface area (TPSA) is 23.6 Å². The largest absolute Gasteiger partial charge is 0.345 e. The Morgan fingerprint density at radius 3 is 2.61 bits per heavy atom. The lowest BCUT2D eigenvalue weighted by Gasteiger charge is -2.22. The summed E-state index contributed by atoms with van der Waals surface area (Å²) in [6.45, 7) is 7.30. The number of carbonyl (C=O) groups excluding carboxylic acids is 1. The predicted molar refractivity (Wildman–Crippen MR) is 97.1 cm³/mol. The SMILES string of the molecule is CC(C)CC=C(CN(C)CC1CC(=O)N(C)C1)c1ccccc1. The van der Waals surface area contributed by atoms with E-state index in [4.69, 9.17) is 0 Å². The average Bonchev–Trinajstić information content (AvgIpc) is 2.82. The Morgan fingerprint density at radius 1 is 1.35 bits per heavy atom. The van der Waals surface area contributed by atoms with Gasteiger partial charge >= 0.3 is 0 Å². The fraction of sp³-hybridized carbons (Fsp3) is 0.550. The van der Waals surface area contributed by atoms with Crippen LogP contribution in [0.3, 0.4) is 0 Å². The molecule has 0 radical (unpaired) electrons. The third-order valence-corrected chi connectivity index (χ3v) is 4.41. The summed E-state index contributed by atoms with van der Waals surface area (Å²) in [4.78, 5) is 15.9. The van der Waals surface area contributed by atoms with E-state index in [1.165, 1.54) is 11.1 Å². The van der Waals surface area contributed by atoms with E-state index >= 15 is 0 Å². The molecule has 3 nitrogen and oxygen atoms in total. The maximum atomic E-state index is 11.7. The number of benzene rings is 1. The average molecular weight is 314 g/mol. The van der Waals surface area contributed by atoms with Gasteiger partial charge < -0.3 is 9.80 Å². The van der Waals surface area contributed by atoms with E-state index < -0.39 is 0 Å². The van der Waals surface area contributed by atoms with Gasteiger partial charge in [0, 0.05) is 33.1 Å². The highest BCUT2D eigenvalue weighted by atomic mass is 16.2. The summed E-state index contributed by atoms with van der Waals surface area (Å²) < 4.78 is 0. The monoisotopic (exact) mass is 314 g/mol. The highest BCUT2D eigenvalue weighted by Crippen LogP contribution is 2.21. The van der Waals surface area contributed by atoms with Crippen molar-refractivity contribution in [2.45, 2.75) is 26.7 Å². The molecule has 0 bridgehead atoms. The van der Waals surface area contributed by atoms with Gasteiger partial charge in [-0.15, -0.1) is 0 Å². The maximum absolute atomic E-state index is 11.7. The van der Waals surface area contributed by atoms with Gasteiger partial charge in [0.25, 0.3) is 0 Å². The van der Waals surface area contributed by atoms with Crippen molar-refractivity contribution in [1.82, 2.24) is 9.80 Å². The first-order valence-corrected chi connectivity index (χ1v) is 8.62. The second-order valence-electron chi connectivity index (χ2n) is 7.27. The summed E-state index contributed by atoms with van der Waals surface area (Å²) >= 11 is 0. The Balaban J connectivity index is 2.00. The number of amides is 1. The molecular weight excluding hydrogens is 284 g/mol. The normalized spacial score (nSPS) is 19.2. The van der Waals surface area contributed by atoms with Crippen LogP contribution in [0.2, 0.25) is 0 Å². The quantitative estimate of drug-likeness (QED) is 0.769. The van der Waals surface area contributed by atoms with Crippen LogP contribution in [0.5, 0.6) is 0 Å². The van der Waals surface area contributed by atoms with Crippen LogP contribution in [0, 0.1) is 11.8 Å². The van der Waals surface area contributed by atoms with Gasteiger partial charge in [-0.05, 0) is 36.4 Å². The number of hydrogen-bond acceptors (Lipinski definition) is 2. The zero-order valence-electron chi connectivity index (χ0n) is 15.0. The van der Waals surface area contributed by atoms with Crippen molar-refractivity contribution in [1.29, 1.82) is 0 Å². The number of rotatable bonds is 7. The smallest absolute Gasteiger partial charge is 0.222 e. The van der Waals surface area contributed by atoms with Gasteiger partial charge in [-0.1, -0.05) is 50.3 Å². The number of allylic oxidation sites excluding steroid dienone is 1. The lowest BCUT2D eigenvalue weighted by atomic mass is 10.0. The molecule has 1 heterocycles. The molecular formula is C20H30N2O. The van der Waals surface area contributed by atoms with Crippen LogP contribution < -0.4 is 0 Å². The second kappa shape index (κ2) is 8.30. The van der Waals surface area contributed by atoms with E-state index in [9.17, 15) is 4.79 Å². The van der Waals surface area contributed by atoms with Crippen LogP contribution in [0.25, 0.3) is 5.57 Å². The van der Waals surface area contributed by atoms with E-state index in [0.29, 0.717) is 18.3 Å². The van der Waals surface area contributed by atoms with Gasteiger partial charge in [-0.3, -0.25) is 4.79 Å². The van der Waals surface area contributed by atoms with Gasteiger partial charge in [-0.2, -0.15) is 0 Å². The molecule has 1 aromatic rings. The van der Waals surface area contributed by atoms with Crippen LogP contribution in [0.1, 0.15) is 32.3 Å². The summed E-state index contributed by atoms with van der Waals surface area (Å²) in [6, 6.07) is 10.6. The van der Waals surface area contributed by atoms with Crippen LogP contribution in [-0.4, -0.2) is 49.4 Å². The van der Waals surface area contributed by atoms with Crippen LogP contribution >= 0.6 is 0 Å². The molecule has 1 amide bonds. The van der Waals surface area contributed by atoms with Crippen molar-refractivity contribution >= 4 is 11.5 Å². The molecule has 23 heavy (non-hydrogen) atoms. The summed E-state index contributed by atoms with van der Waals surface area (Å²) in [5, 5.41) is 0. The molecule has 0 aromatic heterocycles. The van der Waals surface area contributed by atoms with Crippen molar-refractivity contribution in [3.8, 4) is 0 Å². The Labute approximate surface area is 141 Å². The molecule has 1 aromatic carbocycles. The molecule has 1 saturated heterocycles. The number of likely N-dealkylation sites (tertiary alicyclic amines) is 1. The molecule has 0 aliphatic carbocycles. The summed E-state index contributed by atoms with van der Waals surface area (Å²) in [7, 11) is 4.06. The van der Waals surface area contributed by atoms with Crippen molar-refractivity contribution in [3.63, 3.8) is 0 Å². The second-order valence-corrected chi connectivity index (χ2v) is 7.27. The molecule has 1 fully saturated rings. The first-order valence-electron chi connectivity index (χ1n) is 8.62. The fourth-order valence-electron chi connectivity index (χ4n) is 3.18. The van der Waals surface area contributed by atoms with Crippen molar-refractivity contribution in [3.05, 3.63) is 42.0 Å². The fourth-order valence-corrected chi connectivity index (χ4v) is 3.18. The highest BCUT2D eigenvalue weighted by molar-refractivity contribution is 5.78. The number of carbonyl (C=O) groups is 1. The van der Waals surface area contributed by atoms with Gasteiger partial charge in [-0.25, -0.2) is 0 Å². The zero-order chi connectivity index (χ0) is 16.8. The third kappa shape index (κ3) is 5.51. The Hall–Kier alpha value is -1.61. The molecule has 0 N–H and O–H groups in total. The Kier molecular flexibility index (Phi) is 6.40. The van der Waals surface area contributed by atoms with E-state index in [1.807, 2.05) is 11.9 Å². The number of nitrogens with zero attached hydrogens (tertiary/aromatic N) is 2. The maximum Gasteiger partial charge on any atom is 0.222 e. The Morgan fingerprint density at radius 2 is 2.04 bits per heavy atom. The van der Waals surface area contributed by atoms with Crippen molar-refractivity contribution in [2.75, 3.05) is 33.7 Å². The van der Waals surface area contributed by atoms with Gasteiger partial charge in [0.1, 0.15) is 0 Å². The van der Waals surface area contributed by atoms with E-state index in [2.05, 4.69) is 62.2 Å². The van der Waals surface area contributed by atoms with Gasteiger partial charge in [0.2, 0.25) is 5.91 Å². The molecule has 1 aliphatic rings. The van der Waals surface area contributed by atoms with E-state index in [0.717, 1.165) is 26.1 Å². The summed E-state index contributed by atoms with van der Waals surface area (Å²) in [5.74, 6) is 1.40. The molecule has 1 atom stereocenters. The predicted octanol–water partition coefficient (Wildman–Crippen LogP) is 3.53. The lowest BCUT2D eigenvalue weighted by molar-refractivity contribution is -0.126. The number of likely N-dealkylation sites (N-methyl/N-ethyl adjacent to an activating group) is 1. The lowest BCUT2D eigenvalue weighted by Crippen LogP contribution is -2.29. The third-order valence-electron chi connectivity index (χ3n) is 4.41. The van der Waals surface area contributed by atoms with Crippen LogP contribution in [0.15, 0.2) is 36.4 Å². The molecule has 0 saturated carbocycles. The molecule has 3 heteroatoms. The molecule has 1 unspecified atom stereocenters. The van der Waals surface area contributed by atoms with Crippen molar-refractivity contribution < 1.29 is 4.79 Å². The Bertz CT molecular complexity index is 536. The number of hydrogen-bond donors (Lipinski definition) is 0. The van der Waals surface area contributed by atoms with Crippen LogP contribution in [-0.2, 0) is 4.79 Å². The van der Waals surface area contributed by atoms with Crippen LogP contribution in [0.4, 0.5) is 0 Å². The highest BCUT2D eigenvalue weighted by Gasteiger charge is 2.27. The first-order chi connectivity index (χ1) is 11.0. The molecule has 1 aliphatic heterocycles. The molecule has 126 valence electrons. The zero-order valence-corrected chi connectivity index (χ0v) is 15.0. The van der Waals surface area contributed by atoms with Gasteiger partial charge in [0.05, 0.1) is 0 Å². The summed E-state index contributed by atoms with van der Waals surface area (Å²) in [5.41, 5.74) is 2.69. The molecule has 2 rings (SSSR count). The van der Waals surface area contributed by atoms with Crippen molar-refractivity contribution in [2.24, 2.45) is 11.8 Å². The molecule has 0 spiro atoms. The first kappa shape index (κ1) is 17.7. The minimum Gasteiger partial charge on any atom is -0.345 e. The van der Waals surface area contributed by atoms with E-state index in [-0.39, 0.29) is 5.91 Å². The minimum absolute atomic E-state index is 0.280.